The van der Waals surface area contributed by atoms with E-state index in [9.17, 15) is 0 Å². The van der Waals surface area contributed by atoms with Gasteiger partial charge in [0.05, 0.1) is 12.8 Å². The Bertz CT molecular complexity index is 600. The molecule has 120 valence electrons. The van der Waals surface area contributed by atoms with Crippen molar-refractivity contribution in [2.24, 2.45) is 0 Å². The number of rotatable bonds is 7. The zero-order valence-corrected chi connectivity index (χ0v) is 14.7. The molecule has 2 unspecified atom stereocenters. The number of aromatic nitrogens is 1. The highest BCUT2D eigenvalue weighted by atomic mass is 32.1. The fourth-order valence-corrected chi connectivity index (χ4v) is 3.17. The predicted molar refractivity (Wildman–Crippen MR) is 90.4 cm³/mol. The smallest absolute Gasteiger partial charge is 0.123 e. The van der Waals surface area contributed by atoms with Gasteiger partial charge in [0.15, 0.2) is 0 Å². The third-order valence-electron chi connectivity index (χ3n) is 3.93. The van der Waals surface area contributed by atoms with Gasteiger partial charge in [0.1, 0.15) is 16.9 Å². The molecular formula is C17H24N2O2S. The molecule has 2 rings (SSSR count). The summed E-state index contributed by atoms with van der Waals surface area (Å²) in [5, 5.41) is 3.13. The lowest BCUT2D eigenvalue weighted by Gasteiger charge is -2.25. The molecule has 1 aromatic carbocycles. The van der Waals surface area contributed by atoms with Crippen LogP contribution in [0.15, 0.2) is 29.6 Å². The van der Waals surface area contributed by atoms with Gasteiger partial charge in [-0.3, -0.25) is 4.90 Å². The van der Waals surface area contributed by atoms with Gasteiger partial charge in [0.25, 0.3) is 0 Å². The molecule has 4 nitrogen and oxygen atoms in total. The summed E-state index contributed by atoms with van der Waals surface area (Å²) in [7, 11) is 5.53. The number of benzene rings is 1. The van der Waals surface area contributed by atoms with Crippen LogP contribution in [0.25, 0.3) is 0 Å². The highest BCUT2D eigenvalue weighted by Crippen LogP contribution is 2.29. The molecular weight excluding hydrogens is 296 g/mol. The van der Waals surface area contributed by atoms with Gasteiger partial charge >= 0.3 is 0 Å². The van der Waals surface area contributed by atoms with Crippen LogP contribution in [0.3, 0.4) is 0 Å². The second-order valence-electron chi connectivity index (χ2n) is 5.39. The Morgan fingerprint density at radius 2 is 1.95 bits per heavy atom. The molecule has 2 atom stereocenters. The maximum absolute atomic E-state index is 5.46. The minimum Gasteiger partial charge on any atom is -0.496 e. The Morgan fingerprint density at radius 3 is 2.64 bits per heavy atom. The Hall–Kier alpha value is -1.43. The highest BCUT2D eigenvalue weighted by Gasteiger charge is 2.17. The van der Waals surface area contributed by atoms with Crippen LogP contribution in [-0.2, 0) is 11.3 Å². The van der Waals surface area contributed by atoms with E-state index in [4.69, 9.17) is 9.47 Å². The topological polar surface area (TPSA) is 34.6 Å². The van der Waals surface area contributed by atoms with Gasteiger partial charge in [-0.1, -0.05) is 18.2 Å². The first-order chi connectivity index (χ1) is 10.6. The number of methoxy groups -OCH3 is 2. The number of nitrogens with zero attached hydrogens (tertiary/aromatic N) is 2. The van der Waals surface area contributed by atoms with E-state index in [1.165, 1.54) is 5.56 Å². The number of hydrogen-bond donors (Lipinski definition) is 0. The van der Waals surface area contributed by atoms with E-state index in [0.717, 1.165) is 23.0 Å². The zero-order chi connectivity index (χ0) is 16.1. The fourth-order valence-electron chi connectivity index (χ4n) is 2.32. The Kier molecular flexibility index (Phi) is 5.94. The van der Waals surface area contributed by atoms with E-state index in [2.05, 4.69) is 35.3 Å². The van der Waals surface area contributed by atoms with Crippen LogP contribution in [0.1, 0.15) is 42.3 Å². The molecule has 1 aromatic heterocycles. The van der Waals surface area contributed by atoms with E-state index >= 15 is 0 Å². The Morgan fingerprint density at radius 1 is 1.23 bits per heavy atom. The van der Waals surface area contributed by atoms with Crippen molar-refractivity contribution in [1.82, 2.24) is 9.88 Å². The Balaban J connectivity index is 2.08. The molecule has 0 spiro atoms. The second kappa shape index (κ2) is 7.72. The molecule has 0 aliphatic heterocycles. The lowest BCUT2D eigenvalue weighted by molar-refractivity contribution is 0.119. The minimum atomic E-state index is 0.0516. The van der Waals surface area contributed by atoms with Crippen molar-refractivity contribution < 1.29 is 9.47 Å². The molecule has 2 aromatic rings. The normalized spacial score (nSPS) is 14.1. The first-order valence-electron chi connectivity index (χ1n) is 7.37. The van der Waals surface area contributed by atoms with Crippen LogP contribution < -0.4 is 4.74 Å². The fraction of sp³-hybridized carbons (Fsp3) is 0.471. The van der Waals surface area contributed by atoms with Crippen molar-refractivity contribution in [3.8, 4) is 5.75 Å². The molecule has 0 bridgehead atoms. The summed E-state index contributed by atoms with van der Waals surface area (Å²) >= 11 is 1.65. The zero-order valence-electron chi connectivity index (χ0n) is 13.9. The number of ether oxygens (including phenoxy) is 2. The quantitative estimate of drug-likeness (QED) is 0.771. The first kappa shape index (κ1) is 16.9. The third kappa shape index (κ3) is 3.85. The summed E-state index contributed by atoms with van der Waals surface area (Å²) in [5.74, 6) is 0.925. The molecule has 0 radical (unpaired) electrons. The summed E-state index contributed by atoms with van der Waals surface area (Å²) in [6.45, 7) is 5.00. The average molecular weight is 320 g/mol. The van der Waals surface area contributed by atoms with Crippen molar-refractivity contribution in [3.05, 3.63) is 45.9 Å². The molecule has 0 saturated heterocycles. The van der Waals surface area contributed by atoms with Gasteiger partial charge in [0.2, 0.25) is 0 Å². The van der Waals surface area contributed by atoms with Crippen LogP contribution in [-0.4, -0.2) is 31.2 Å². The van der Waals surface area contributed by atoms with Crippen molar-refractivity contribution in [2.75, 3.05) is 21.3 Å². The monoisotopic (exact) mass is 320 g/mol. The number of thiazole rings is 1. The first-order valence-corrected chi connectivity index (χ1v) is 8.25. The van der Waals surface area contributed by atoms with E-state index in [-0.39, 0.29) is 12.1 Å². The van der Waals surface area contributed by atoms with Crippen LogP contribution in [0.2, 0.25) is 0 Å². The van der Waals surface area contributed by atoms with E-state index < -0.39 is 0 Å². The number of hydrogen-bond acceptors (Lipinski definition) is 5. The van der Waals surface area contributed by atoms with Crippen LogP contribution in [0.4, 0.5) is 0 Å². The van der Waals surface area contributed by atoms with Crippen LogP contribution >= 0.6 is 11.3 Å². The summed E-state index contributed by atoms with van der Waals surface area (Å²) in [6, 6.07) is 8.40. The predicted octanol–water partition coefficient (Wildman–Crippen LogP) is 4.05. The van der Waals surface area contributed by atoms with E-state index in [0.29, 0.717) is 0 Å². The van der Waals surface area contributed by atoms with Crippen molar-refractivity contribution in [1.29, 1.82) is 0 Å². The van der Waals surface area contributed by atoms with Gasteiger partial charge in [-0.2, -0.15) is 0 Å². The lowest BCUT2D eigenvalue weighted by atomic mass is 10.1. The van der Waals surface area contributed by atoms with Crippen LogP contribution in [0, 0.1) is 0 Å². The molecule has 22 heavy (non-hydrogen) atoms. The van der Waals surface area contributed by atoms with E-state index in [1.807, 2.05) is 25.1 Å². The minimum absolute atomic E-state index is 0.0516. The highest BCUT2D eigenvalue weighted by molar-refractivity contribution is 7.09. The third-order valence-corrected chi connectivity index (χ3v) is 4.99. The molecule has 0 amide bonds. The Labute approximate surface area is 136 Å². The SMILES string of the molecule is COc1ccccc1C(C)N(C)Cc1csc(C(C)OC)n1. The van der Waals surface area contributed by atoms with Gasteiger partial charge in [0, 0.05) is 30.6 Å². The standard InChI is InChI=1S/C17H24N2O2S/c1-12(15-8-6-7-9-16(15)21-5)19(3)10-14-11-22-17(18-14)13(2)20-4/h6-9,11-13H,10H2,1-5H3. The molecule has 0 saturated carbocycles. The molecule has 1 heterocycles. The molecule has 5 heteroatoms. The molecule has 0 fully saturated rings. The average Bonchev–Trinajstić information content (AvgIpc) is 3.01. The molecule has 0 aliphatic rings. The maximum atomic E-state index is 5.46. The second-order valence-corrected chi connectivity index (χ2v) is 6.28. The molecule has 0 N–H and O–H groups in total. The van der Waals surface area contributed by atoms with Crippen molar-refractivity contribution >= 4 is 11.3 Å². The van der Waals surface area contributed by atoms with Crippen molar-refractivity contribution in [2.45, 2.75) is 32.5 Å². The largest absolute Gasteiger partial charge is 0.496 e. The summed E-state index contributed by atoms with van der Waals surface area (Å²) in [5.41, 5.74) is 2.27. The van der Waals surface area contributed by atoms with Gasteiger partial charge in [-0.25, -0.2) is 4.98 Å². The van der Waals surface area contributed by atoms with Gasteiger partial charge in [-0.05, 0) is 27.0 Å². The van der Waals surface area contributed by atoms with Crippen LogP contribution in [0.5, 0.6) is 5.75 Å². The van der Waals surface area contributed by atoms with E-state index in [1.54, 1.807) is 25.6 Å². The molecule has 0 aliphatic carbocycles. The summed E-state index contributed by atoms with van der Waals surface area (Å²) < 4.78 is 10.8. The maximum Gasteiger partial charge on any atom is 0.123 e. The summed E-state index contributed by atoms with van der Waals surface area (Å²) in [6.07, 6.45) is 0.0516. The van der Waals surface area contributed by atoms with Crippen molar-refractivity contribution in [3.63, 3.8) is 0 Å². The lowest BCUT2D eigenvalue weighted by Crippen LogP contribution is -2.22. The summed E-state index contributed by atoms with van der Waals surface area (Å²) in [4.78, 5) is 6.93. The number of para-hydroxylation sites is 1. The van der Waals surface area contributed by atoms with Gasteiger partial charge < -0.3 is 9.47 Å². The van der Waals surface area contributed by atoms with Gasteiger partial charge in [-0.15, -0.1) is 11.3 Å².